The van der Waals surface area contributed by atoms with E-state index in [2.05, 4.69) is 17.7 Å². The van der Waals surface area contributed by atoms with Crippen molar-refractivity contribution in [2.45, 2.75) is 44.9 Å². The summed E-state index contributed by atoms with van der Waals surface area (Å²) in [6.07, 6.45) is 7.34. The Morgan fingerprint density at radius 1 is 1.24 bits per heavy atom. The third-order valence-corrected chi connectivity index (χ3v) is 6.22. The van der Waals surface area contributed by atoms with Crippen LogP contribution in [0.3, 0.4) is 0 Å². The van der Waals surface area contributed by atoms with Crippen molar-refractivity contribution in [3.63, 3.8) is 0 Å². The van der Waals surface area contributed by atoms with Crippen molar-refractivity contribution < 1.29 is 23.7 Å². The van der Waals surface area contributed by atoms with Gasteiger partial charge in [0.15, 0.2) is 0 Å². The zero-order chi connectivity index (χ0) is 26.0. The molecule has 8 heteroatoms. The van der Waals surface area contributed by atoms with Gasteiger partial charge in [-0.15, -0.1) is 6.42 Å². The van der Waals surface area contributed by atoms with Crippen LogP contribution in [0, 0.1) is 18.2 Å². The van der Waals surface area contributed by atoms with Crippen molar-refractivity contribution in [2.24, 2.45) is 0 Å². The number of ether oxygens (including phenoxy) is 3. The van der Waals surface area contributed by atoms with Crippen molar-refractivity contribution >= 4 is 0 Å². The molecule has 0 spiro atoms. The van der Waals surface area contributed by atoms with Crippen LogP contribution in [0.25, 0.3) is 5.69 Å². The van der Waals surface area contributed by atoms with E-state index in [1.165, 1.54) is 12.1 Å². The lowest BCUT2D eigenvalue weighted by Crippen LogP contribution is -2.39. The lowest BCUT2D eigenvalue weighted by atomic mass is 10.1. The molecule has 4 rings (SSSR count). The average Bonchev–Trinajstić information content (AvgIpc) is 3.54. The summed E-state index contributed by atoms with van der Waals surface area (Å²) in [6, 6.07) is 15.7. The number of aliphatic hydroxyl groups is 1. The number of rotatable bonds is 13. The number of nitrogens with zero attached hydrogens (tertiary/aromatic N) is 3. The quantitative estimate of drug-likeness (QED) is 0.274. The fourth-order valence-corrected chi connectivity index (χ4v) is 4.49. The summed E-state index contributed by atoms with van der Waals surface area (Å²) >= 11 is 0. The average molecular weight is 508 g/mol. The number of aryl methyl sites for hydroxylation is 1. The van der Waals surface area contributed by atoms with Gasteiger partial charge in [0.05, 0.1) is 35.8 Å². The minimum Gasteiger partial charge on any atom is -0.439 e. The van der Waals surface area contributed by atoms with Crippen LogP contribution in [0.4, 0.5) is 4.39 Å². The molecule has 1 fully saturated rings. The molecular weight excluding hydrogens is 473 g/mol. The highest BCUT2D eigenvalue weighted by atomic mass is 19.1. The number of hydrogen-bond donors (Lipinski definition) is 1. The minimum atomic E-state index is -0.717. The zero-order valence-electron chi connectivity index (χ0n) is 21.2. The Labute approximate surface area is 217 Å². The maximum Gasteiger partial charge on any atom is 0.227 e. The van der Waals surface area contributed by atoms with Crippen LogP contribution in [0.1, 0.15) is 31.0 Å². The number of halogens is 1. The summed E-state index contributed by atoms with van der Waals surface area (Å²) in [7, 11) is 0. The summed E-state index contributed by atoms with van der Waals surface area (Å²) < 4.78 is 33.0. The van der Waals surface area contributed by atoms with Crippen LogP contribution in [0.2, 0.25) is 0 Å². The Hall–Kier alpha value is -3.22. The first-order valence-electron chi connectivity index (χ1n) is 12.7. The highest BCUT2D eigenvalue weighted by Gasteiger charge is 2.26. The van der Waals surface area contributed by atoms with E-state index in [1.807, 2.05) is 30.3 Å². The first-order valence-corrected chi connectivity index (χ1v) is 12.7. The third-order valence-electron chi connectivity index (χ3n) is 6.22. The molecule has 1 aliphatic rings. The Balaban J connectivity index is 1.67. The second kappa shape index (κ2) is 13.4. The lowest BCUT2D eigenvalue weighted by molar-refractivity contribution is 0.00933. The summed E-state index contributed by atoms with van der Waals surface area (Å²) in [4.78, 5) is 2.16. The molecule has 1 aromatic heterocycles. The molecule has 0 bridgehead atoms. The summed E-state index contributed by atoms with van der Waals surface area (Å²) in [5, 5.41) is 15.6. The van der Waals surface area contributed by atoms with E-state index in [-0.39, 0.29) is 25.1 Å². The van der Waals surface area contributed by atoms with E-state index < -0.39 is 6.10 Å². The van der Waals surface area contributed by atoms with E-state index in [1.54, 1.807) is 16.8 Å². The standard InChI is InChI=1S/C29H34FN3O4/c1-3-16-35-21-24(34)18-32(19-26-11-8-17-36-26)20-27-28(4-2)31-33(23-9-6-5-7-10-23)29(27)37-25-14-12-22(30)13-15-25/h1,5-7,9-10,12-15,24,26,34H,4,8,11,16-21H2,2H3. The van der Waals surface area contributed by atoms with Gasteiger partial charge in [-0.05, 0) is 55.7 Å². The van der Waals surface area contributed by atoms with Gasteiger partial charge in [0.2, 0.25) is 5.88 Å². The largest absolute Gasteiger partial charge is 0.439 e. The lowest BCUT2D eigenvalue weighted by Gasteiger charge is -2.27. The molecule has 196 valence electrons. The maximum absolute atomic E-state index is 13.6. The summed E-state index contributed by atoms with van der Waals surface area (Å²) in [6.45, 7) is 4.62. The molecule has 2 heterocycles. The SMILES string of the molecule is C#CCOCC(O)CN(Cc1c(CC)nn(-c2ccccc2)c1Oc1ccc(F)cc1)CC1CCCO1. The molecule has 3 aromatic rings. The topological polar surface area (TPSA) is 69.0 Å². The maximum atomic E-state index is 13.6. The second-order valence-corrected chi connectivity index (χ2v) is 9.09. The van der Waals surface area contributed by atoms with Gasteiger partial charge in [-0.3, -0.25) is 4.90 Å². The third kappa shape index (κ3) is 7.40. The van der Waals surface area contributed by atoms with Crippen LogP contribution in [-0.4, -0.2) is 64.9 Å². The normalized spacial score (nSPS) is 16.1. The Morgan fingerprint density at radius 2 is 2.03 bits per heavy atom. The molecule has 2 aromatic carbocycles. The molecule has 37 heavy (non-hydrogen) atoms. The van der Waals surface area contributed by atoms with Gasteiger partial charge in [0.1, 0.15) is 18.2 Å². The number of hydrogen-bond acceptors (Lipinski definition) is 6. The van der Waals surface area contributed by atoms with Gasteiger partial charge in [0, 0.05) is 26.2 Å². The van der Waals surface area contributed by atoms with Crippen LogP contribution in [-0.2, 0) is 22.4 Å². The number of terminal acetylenes is 1. The Bertz CT molecular complexity index is 1150. The van der Waals surface area contributed by atoms with Crippen molar-refractivity contribution in [1.82, 2.24) is 14.7 Å². The highest BCUT2D eigenvalue weighted by Crippen LogP contribution is 2.32. The minimum absolute atomic E-state index is 0.0922. The summed E-state index contributed by atoms with van der Waals surface area (Å²) in [5.41, 5.74) is 2.65. The monoisotopic (exact) mass is 507 g/mol. The van der Waals surface area contributed by atoms with E-state index in [9.17, 15) is 9.50 Å². The fraction of sp³-hybridized carbons (Fsp3) is 0.414. The van der Waals surface area contributed by atoms with Gasteiger partial charge < -0.3 is 19.3 Å². The van der Waals surface area contributed by atoms with E-state index in [4.69, 9.17) is 25.7 Å². The number of para-hydroxylation sites is 1. The summed E-state index contributed by atoms with van der Waals surface area (Å²) in [5.74, 6) is 3.16. The molecule has 0 aliphatic carbocycles. The van der Waals surface area contributed by atoms with Crippen LogP contribution >= 0.6 is 0 Å². The van der Waals surface area contributed by atoms with Crippen molar-refractivity contribution in [2.75, 3.05) is 32.9 Å². The van der Waals surface area contributed by atoms with Gasteiger partial charge in [0.25, 0.3) is 0 Å². The second-order valence-electron chi connectivity index (χ2n) is 9.09. The molecular formula is C29H34FN3O4. The predicted octanol–water partition coefficient (Wildman–Crippen LogP) is 4.36. The van der Waals surface area contributed by atoms with E-state index in [0.29, 0.717) is 37.7 Å². The number of aliphatic hydroxyl groups excluding tert-OH is 1. The molecule has 2 atom stereocenters. The molecule has 1 N–H and O–H groups in total. The first kappa shape index (κ1) is 26.8. The molecule has 2 unspecified atom stereocenters. The molecule has 0 saturated carbocycles. The smallest absolute Gasteiger partial charge is 0.227 e. The van der Waals surface area contributed by atoms with Crippen molar-refractivity contribution in [1.29, 1.82) is 0 Å². The van der Waals surface area contributed by atoms with Gasteiger partial charge >= 0.3 is 0 Å². The van der Waals surface area contributed by atoms with E-state index >= 15 is 0 Å². The van der Waals surface area contributed by atoms with Gasteiger partial charge in [-0.25, -0.2) is 9.07 Å². The van der Waals surface area contributed by atoms with Crippen molar-refractivity contribution in [3.05, 3.63) is 71.7 Å². The molecule has 1 saturated heterocycles. The first-order chi connectivity index (χ1) is 18.1. The predicted molar refractivity (Wildman–Crippen MR) is 139 cm³/mol. The number of aromatic nitrogens is 2. The Morgan fingerprint density at radius 3 is 2.70 bits per heavy atom. The van der Waals surface area contributed by atoms with E-state index in [0.717, 1.165) is 36.4 Å². The van der Waals surface area contributed by atoms with Gasteiger partial charge in [-0.2, -0.15) is 5.10 Å². The van der Waals surface area contributed by atoms with Crippen LogP contribution in [0.15, 0.2) is 54.6 Å². The highest BCUT2D eigenvalue weighted by molar-refractivity contribution is 5.43. The number of benzene rings is 2. The Kier molecular flexibility index (Phi) is 9.69. The van der Waals surface area contributed by atoms with Gasteiger partial charge in [-0.1, -0.05) is 31.0 Å². The van der Waals surface area contributed by atoms with Crippen LogP contribution < -0.4 is 4.74 Å². The zero-order valence-corrected chi connectivity index (χ0v) is 21.2. The molecule has 7 nitrogen and oxygen atoms in total. The molecule has 0 radical (unpaired) electrons. The fourth-order valence-electron chi connectivity index (χ4n) is 4.49. The molecule has 0 amide bonds. The van der Waals surface area contributed by atoms with Crippen LogP contribution in [0.5, 0.6) is 11.6 Å². The van der Waals surface area contributed by atoms with Crippen molar-refractivity contribution in [3.8, 4) is 29.7 Å². The molecule has 1 aliphatic heterocycles.